The molecule has 0 saturated carbocycles. The quantitative estimate of drug-likeness (QED) is 0.383. The van der Waals surface area contributed by atoms with Crippen LogP contribution in [0.5, 0.6) is 17.2 Å². The molecule has 0 aliphatic heterocycles. The van der Waals surface area contributed by atoms with Crippen molar-refractivity contribution in [2.24, 2.45) is 0 Å². The van der Waals surface area contributed by atoms with Gasteiger partial charge in [-0.2, -0.15) is 0 Å². The lowest BCUT2D eigenvalue weighted by molar-refractivity contribution is 0.0943. The van der Waals surface area contributed by atoms with E-state index < -0.39 is 0 Å². The van der Waals surface area contributed by atoms with E-state index in [1.165, 1.54) is 22.3 Å². The third kappa shape index (κ3) is 4.52. The van der Waals surface area contributed by atoms with Gasteiger partial charge in [0.1, 0.15) is 9.88 Å². The summed E-state index contributed by atoms with van der Waals surface area (Å²) in [7, 11) is 4.71. The van der Waals surface area contributed by atoms with E-state index in [9.17, 15) is 4.79 Å². The molecule has 1 amide bonds. The van der Waals surface area contributed by atoms with Gasteiger partial charge in [0.05, 0.1) is 27.0 Å². The highest BCUT2D eigenvalue weighted by Crippen LogP contribution is 2.42. The van der Waals surface area contributed by atoms with Gasteiger partial charge < -0.3 is 24.5 Å². The Morgan fingerprint density at radius 2 is 1.82 bits per heavy atom. The van der Waals surface area contributed by atoms with Crippen molar-refractivity contribution in [3.63, 3.8) is 0 Å². The van der Waals surface area contributed by atoms with Gasteiger partial charge in [0.25, 0.3) is 5.91 Å². The topological polar surface area (TPSA) is 85.5 Å². The van der Waals surface area contributed by atoms with Crippen molar-refractivity contribution >= 4 is 28.1 Å². The number of ether oxygens (including phenoxy) is 3. The summed E-state index contributed by atoms with van der Waals surface area (Å²) in [5.41, 5.74) is 3.75. The minimum atomic E-state index is -0.129. The zero-order chi connectivity index (χ0) is 23.5. The molecule has 0 aliphatic rings. The number of para-hydroxylation sites is 1. The molecule has 0 saturated heterocycles. The van der Waals surface area contributed by atoms with Crippen molar-refractivity contribution in [3.8, 4) is 27.8 Å². The molecular weight excluding hydrogens is 438 g/mol. The standard InChI is InChI=1S/C25H27N3O4S/c1-14(10-17-13-26-19-9-7-6-8-18(17)19)27-24(29)23-15(2)28-25(33-23)16-11-20(30-3)22(32-5)21(12-16)31-4/h6-9,11-14,26H,10H2,1-5H3,(H,27,29). The SMILES string of the molecule is COc1cc(-c2nc(C)c(C(=O)NC(C)Cc3c[nH]c4ccccc34)s2)cc(OC)c1OC. The maximum atomic E-state index is 13.0. The fourth-order valence-corrected chi connectivity index (χ4v) is 4.86. The predicted molar refractivity (Wildman–Crippen MR) is 131 cm³/mol. The van der Waals surface area contributed by atoms with Gasteiger partial charge in [-0.25, -0.2) is 4.98 Å². The Labute approximate surface area is 196 Å². The number of methoxy groups -OCH3 is 3. The molecule has 2 aromatic heterocycles. The molecule has 0 spiro atoms. The molecule has 1 atom stereocenters. The van der Waals surface area contributed by atoms with Gasteiger partial charge in [-0.3, -0.25) is 4.79 Å². The summed E-state index contributed by atoms with van der Waals surface area (Å²) in [5.74, 6) is 1.47. The van der Waals surface area contributed by atoms with Gasteiger partial charge in [0.15, 0.2) is 11.5 Å². The summed E-state index contributed by atoms with van der Waals surface area (Å²) in [6.07, 6.45) is 2.74. The minimum absolute atomic E-state index is 0.0390. The lowest BCUT2D eigenvalue weighted by Gasteiger charge is -2.13. The summed E-state index contributed by atoms with van der Waals surface area (Å²) in [6.45, 7) is 3.85. The first-order valence-corrected chi connectivity index (χ1v) is 11.4. The number of hydrogen-bond donors (Lipinski definition) is 2. The van der Waals surface area contributed by atoms with E-state index in [1.54, 1.807) is 21.3 Å². The highest BCUT2D eigenvalue weighted by molar-refractivity contribution is 7.17. The average Bonchev–Trinajstić information content (AvgIpc) is 3.41. The summed E-state index contributed by atoms with van der Waals surface area (Å²) >= 11 is 1.34. The van der Waals surface area contributed by atoms with Crippen LogP contribution in [0.3, 0.4) is 0 Å². The van der Waals surface area contributed by atoms with Crippen molar-refractivity contribution in [2.45, 2.75) is 26.3 Å². The van der Waals surface area contributed by atoms with Crippen molar-refractivity contribution in [2.75, 3.05) is 21.3 Å². The van der Waals surface area contributed by atoms with Crippen molar-refractivity contribution < 1.29 is 19.0 Å². The Bertz CT molecular complexity index is 1270. The summed E-state index contributed by atoms with van der Waals surface area (Å²) in [5, 5.41) is 5.00. The molecule has 4 rings (SSSR count). The van der Waals surface area contributed by atoms with Crippen LogP contribution in [-0.4, -0.2) is 43.2 Å². The Morgan fingerprint density at radius 3 is 2.48 bits per heavy atom. The number of rotatable bonds is 8. The number of aromatic amines is 1. The smallest absolute Gasteiger partial charge is 0.263 e. The number of benzene rings is 2. The Morgan fingerprint density at radius 1 is 1.12 bits per heavy atom. The van der Waals surface area contributed by atoms with E-state index in [4.69, 9.17) is 14.2 Å². The maximum absolute atomic E-state index is 13.0. The normalized spacial score (nSPS) is 11.9. The van der Waals surface area contributed by atoms with Crippen LogP contribution < -0.4 is 19.5 Å². The van der Waals surface area contributed by atoms with E-state index in [1.807, 2.05) is 50.4 Å². The number of nitrogens with one attached hydrogen (secondary N) is 2. The predicted octanol–water partition coefficient (Wildman–Crippen LogP) is 4.99. The summed E-state index contributed by atoms with van der Waals surface area (Å²) in [6, 6.07) is 11.8. The number of nitrogens with zero attached hydrogens (tertiary/aromatic N) is 1. The first-order valence-electron chi connectivity index (χ1n) is 10.6. The summed E-state index contributed by atoms with van der Waals surface area (Å²) < 4.78 is 16.3. The fraction of sp³-hybridized carbons (Fsp3) is 0.280. The van der Waals surface area contributed by atoms with Crippen LogP contribution in [0.2, 0.25) is 0 Å². The lowest BCUT2D eigenvalue weighted by atomic mass is 10.1. The summed E-state index contributed by atoms with van der Waals surface area (Å²) in [4.78, 5) is 21.5. The van der Waals surface area contributed by atoms with Gasteiger partial charge in [0, 0.05) is 28.7 Å². The zero-order valence-electron chi connectivity index (χ0n) is 19.3. The number of aromatic nitrogens is 2. The molecule has 172 valence electrons. The Balaban J connectivity index is 1.54. The number of carbonyl (C=O) groups excluding carboxylic acids is 1. The van der Waals surface area contributed by atoms with Crippen LogP contribution in [-0.2, 0) is 6.42 Å². The van der Waals surface area contributed by atoms with Gasteiger partial charge in [-0.05, 0) is 44.0 Å². The second-order valence-electron chi connectivity index (χ2n) is 7.79. The monoisotopic (exact) mass is 465 g/mol. The molecular formula is C25H27N3O4S. The molecule has 0 aliphatic carbocycles. The second-order valence-corrected chi connectivity index (χ2v) is 8.78. The molecule has 0 bridgehead atoms. The number of aryl methyl sites for hydroxylation is 1. The highest BCUT2D eigenvalue weighted by Gasteiger charge is 2.21. The third-order valence-electron chi connectivity index (χ3n) is 5.49. The van der Waals surface area contributed by atoms with Crippen LogP contribution in [0.15, 0.2) is 42.6 Å². The number of thiazole rings is 1. The molecule has 7 nitrogen and oxygen atoms in total. The van der Waals surface area contributed by atoms with Gasteiger partial charge in [-0.1, -0.05) is 18.2 Å². The van der Waals surface area contributed by atoms with Crippen molar-refractivity contribution in [1.82, 2.24) is 15.3 Å². The minimum Gasteiger partial charge on any atom is -0.493 e. The van der Waals surface area contributed by atoms with E-state index in [0.717, 1.165) is 17.5 Å². The number of hydrogen-bond acceptors (Lipinski definition) is 6. The molecule has 8 heteroatoms. The number of H-pyrrole nitrogens is 1. The second kappa shape index (κ2) is 9.54. The molecule has 2 heterocycles. The molecule has 4 aromatic rings. The molecule has 0 radical (unpaired) electrons. The van der Waals surface area contributed by atoms with Crippen molar-refractivity contribution in [1.29, 1.82) is 0 Å². The van der Waals surface area contributed by atoms with E-state index in [2.05, 4.69) is 21.4 Å². The van der Waals surface area contributed by atoms with Crippen molar-refractivity contribution in [3.05, 3.63) is 58.7 Å². The van der Waals surface area contributed by atoms with E-state index >= 15 is 0 Å². The number of fused-ring (bicyclic) bond motifs is 1. The zero-order valence-corrected chi connectivity index (χ0v) is 20.1. The average molecular weight is 466 g/mol. The molecule has 2 N–H and O–H groups in total. The van der Waals surface area contributed by atoms with Crippen LogP contribution in [0.4, 0.5) is 0 Å². The number of carbonyl (C=O) groups is 1. The molecule has 1 unspecified atom stereocenters. The van der Waals surface area contributed by atoms with Crippen LogP contribution >= 0.6 is 11.3 Å². The maximum Gasteiger partial charge on any atom is 0.263 e. The molecule has 0 fully saturated rings. The Kier molecular flexibility index (Phi) is 6.55. The first-order chi connectivity index (χ1) is 15.9. The van der Waals surface area contributed by atoms with Gasteiger partial charge in [-0.15, -0.1) is 11.3 Å². The van der Waals surface area contributed by atoms with E-state index in [0.29, 0.717) is 32.8 Å². The van der Waals surface area contributed by atoms with Crippen LogP contribution in [0, 0.1) is 6.92 Å². The molecule has 2 aromatic carbocycles. The highest BCUT2D eigenvalue weighted by atomic mass is 32.1. The van der Waals surface area contributed by atoms with Crippen LogP contribution in [0.1, 0.15) is 27.9 Å². The first kappa shape index (κ1) is 22.7. The van der Waals surface area contributed by atoms with Crippen LogP contribution in [0.25, 0.3) is 21.5 Å². The van der Waals surface area contributed by atoms with E-state index in [-0.39, 0.29) is 11.9 Å². The number of amides is 1. The van der Waals surface area contributed by atoms with Gasteiger partial charge >= 0.3 is 0 Å². The Hall–Kier alpha value is -3.52. The largest absolute Gasteiger partial charge is 0.493 e. The third-order valence-corrected chi connectivity index (χ3v) is 6.70. The van der Waals surface area contributed by atoms with Gasteiger partial charge in [0.2, 0.25) is 5.75 Å². The lowest BCUT2D eigenvalue weighted by Crippen LogP contribution is -2.33. The molecule has 33 heavy (non-hydrogen) atoms. The fourth-order valence-electron chi connectivity index (χ4n) is 3.91.